The average Bonchev–Trinajstić information content (AvgIpc) is 3.68. The summed E-state index contributed by atoms with van der Waals surface area (Å²) in [6.45, 7) is 1.35. The SMILES string of the molecule is NC(CCCCNCc1ccc(-c2cc3nccc(Oc4ccc(NC(=O)NC5CC5)c(F)c4F)c3s2)nc1)C(=O)O. The quantitative estimate of drug-likeness (QED) is 0.129. The van der Waals surface area contributed by atoms with Gasteiger partial charge in [-0.3, -0.25) is 14.8 Å². The van der Waals surface area contributed by atoms with Gasteiger partial charge < -0.3 is 31.5 Å². The topological polar surface area (TPSA) is 151 Å². The predicted octanol–water partition coefficient (Wildman–Crippen LogP) is 5.38. The number of aromatic nitrogens is 2. The molecule has 1 atom stereocenters. The molecule has 1 unspecified atom stereocenters. The molecular formula is C29H30F2N6O4S. The van der Waals surface area contributed by atoms with Crippen LogP contribution in [0.1, 0.15) is 37.7 Å². The zero-order valence-electron chi connectivity index (χ0n) is 22.5. The number of benzene rings is 1. The van der Waals surface area contributed by atoms with Crippen molar-refractivity contribution < 1.29 is 28.2 Å². The number of urea groups is 1. The highest BCUT2D eigenvalue weighted by atomic mass is 32.1. The van der Waals surface area contributed by atoms with Crippen molar-refractivity contribution in [1.82, 2.24) is 20.6 Å². The second-order valence-corrected chi connectivity index (χ2v) is 11.1. The Morgan fingerprint density at radius 2 is 1.93 bits per heavy atom. The maximum Gasteiger partial charge on any atom is 0.320 e. The summed E-state index contributed by atoms with van der Waals surface area (Å²) in [5.74, 6) is -3.41. The minimum absolute atomic E-state index is 0.0790. The highest BCUT2D eigenvalue weighted by molar-refractivity contribution is 7.22. The summed E-state index contributed by atoms with van der Waals surface area (Å²) in [4.78, 5) is 32.5. The second kappa shape index (κ2) is 13.2. The molecule has 0 aliphatic heterocycles. The van der Waals surface area contributed by atoms with Crippen molar-refractivity contribution in [2.75, 3.05) is 11.9 Å². The van der Waals surface area contributed by atoms with E-state index in [1.54, 1.807) is 12.3 Å². The molecule has 4 aromatic rings. The monoisotopic (exact) mass is 596 g/mol. The molecule has 3 aromatic heterocycles. The van der Waals surface area contributed by atoms with Gasteiger partial charge in [-0.1, -0.05) is 12.5 Å². The number of hydrogen-bond donors (Lipinski definition) is 5. The third-order valence-electron chi connectivity index (χ3n) is 6.65. The highest BCUT2D eigenvalue weighted by Crippen LogP contribution is 2.39. The number of aliphatic carboxylic acids is 1. The maximum atomic E-state index is 14.9. The first kappa shape index (κ1) is 29.3. The first-order valence-electron chi connectivity index (χ1n) is 13.5. The van der Waals surface area contributed by atoms with Gasteiger partial charge in [-0.2, -0.15) is 4.39 Å². The van der Waals surface area contributed by atoms with E-state index < -0.39 is 29.7 Å². The molecule has 13 heteroatoms. The summed E-state index contributed by atoms with van der Waals surface area (Å²) in [5, 5.41) is 17.1. The fourth-order valence-corrected chi connectivity index (χ4v) is 5.21. The van der Waals surface area contributed by atoms with Gasteiger partial charge in [0.1, 0.15) is 11.8 Å². The molecule has 0 spiro atoms. The van der Waals surface area contributed by atoms with E-state index in [-0.39, 0.29) is 17.5 Å². The van der Waals surface area contributed by atoms with E-state index >= 15 is 0 Å². The molecule has 3 heterocycles. The van der Waals surface area contributed by atoms with Crippen LogP contribution in [0.5, 0.6) is 11.5 Å². The number of fused-ring (bicyclic) bond motifs is 1. The molecule has 2 amide bonds. The average molecular weight is 597 g/mol. The Bertz CT molecular complexity index is 1580. The van der Waals surface area contributed by atoms with Gasteiger partial charge in [0.05, 0.1) is 26.5 Å². The molecule has 1 fully saturated rings. The number of rotatable bonds is 13. The normalized spacial score (nSPS) is 13.6. The molecule has 42 heavy (non-hydrogen) atoms. The van der Waals surface area contributed by atoms with Crippen LogP contribution in [0.3, 0.4) is 0 Å². The number of pyridine rings is 2. The van der Waals surface area contributed by atoms with Crippen LogP contribution < -0.4 is 26.4 Å². The second-order valence-electron chi connectivity index (χ2n) is 10.0. The largest absolute Gasteiger partial charge is 0.480 e. The van der Waals surface area contributed by atoms with Gasteiger partial charge in [0.2, 0.25) is 5.82 Å². The van der Waals surface area contributed by atoms with E-state index in [9.17, 15) is 18.4 Å². The van der Waals surface area contributed by atoms with Gasteiger partial charge in [-0.25, -0.2) is 9.18 Å². The van der Waals surface area contributed by atoms with Gasteiger partial charge in [0.15, 0.2) is 11.6 Å². The van der Waals surface area contributed by atoms with Crippen molar-refractivity contribution in [1.29, 1.82) is 0 Å². The molecule has 0 bridgehead atoms. The standard InChI is InChI=1S/C29H30F2N6O4S/c30-25-20(37-29(40)36-17-5-6-17)8-9-22(26(25)31)41-23-10-12-34-21-13-24(42-27(21)23)19-7-4-16(15-35-19)14-33-11-2-1-3-18(32)28(38)39/h4,7-10,12-13,15,17-18,33H,1-3,5-6,11,14,32H2,(H,38,39)(H2,36,37,40). The van der Waals surface area contributed by atoms with E-state index in [1.807, 2.05) is 18.2 Å². The van der Waals surface area contributed by atoms with Crippen molar-refractivity contribution in [3.63, 3.8) is 0 Å². The Morgan fingerprint density at radius 1 is 1.10 bits per heavy atom. The number of hydrogen-bond acceptors (Lipinski definition) is 8. The number of nitrogens with one attached hydrogen (secondary N) is 3. The number of halogens is 2. The number of ether oxygens (including phenoxy) is 1. The first-order valence-corrected chi connectivity index (χ1v) is 14.4. The molecule has 220 valence electrons. The van der Waals surface area contributed by atoms with Crippen LogP contribution in [0.15, 0.2) is 48.8 Å². The smallest absolute Gasteiger partial charge is 0.320 e. The van der Waals surface area contributed by atoms with Gasteiger partial charge in [0.25, 0.3) is 0 Å². The minimum Gasteiger partial charge on any atom is -0.480 e. The van der Waals surface area contributed by atoms with E-state index in [1.165, 1.54) is 29.7 Å². The number of nitrogens with zero attached hydrogens (tertiary/aromatic N) is 2. The van der Waals surface area contributed by atoms with Crippen molar-refractivity contribution >= 4 is 39.2 Å². The molecular weight excluding hydrogens is 566 g/mol. The molecule has 6 N–H and O–H groups in total. The van der Waals surface area contributed by atoms with Gasteiger partial charge in [0, 0.05) is 31.0 Å². The zero-order chi connectivity index (χ0) is 29.6. The Balaban J connectivity index is 1.21. The molecule has 1 aliphatic rings. The Morgan fingerprint density at radius 3 is 2.67 bits per heavy atom. The maximum absolute atomic E-state index is 14.9. The first-order chi connectivity index (χ1) is 20.3. The molecule has 0 radical (unpaired) electrons. The number of amides is 2. The Hall–Kier alpha value is -4.20. The van der Waals surface area contributed by atoms with Crippen LogP contribution in [-0.2, 0) is 11.3 Å². The Labute approximate surface area is 244 Å². The lowest BCUT2D eigenvalue weighted by molar-refractivity contribution is -0.138. The molecule has 10 nitrogen and oxygen atoms in total. The van der Waals surface area contributed by atoms with Gasteiger partial charge in [-0.05, 0) is 62.1 Å². The van der Waals surface area contributed by atoms with Crippen LogP contribution in [0.4, 0.5) is 19.3 Å². The van der Waals surface area contributed by atoms with Crippen LogP contribution in [0, 0.1) is 11.6 Å². The number of thiophene rings is 1. The Kier molecular flexibility index (Phi) is 9.20. The summed E-state index contributed by atoms with van der Waals surface area (Å²) in [6.07, 6.45) is 7.04. The molecule has 5 rings (SSSR count). The predicted molar refractivity (Wildman–Crippen MR) is 156 cm³/mol. The summed E-state index contributed by atoms with van der Waals surface area (Å²) in [5.41, 5.74) is 7.58. The van der Waals surface area contributed by atoms with E-state index in [2.05, 4.69) is 25.9 Å². The van der Waals surface area contributed by atoms with Crippen molar-refractivity contribution in [2.45, 2.75) is 50.7 Å². The summed E-state index contributed by atoms with van der Waals surface area (Å²) < 4.78 is 36.0. The lowest BCUT2D eigenvalue weighted by Crippen LogP contribution is -2.30. The highest BCUT2D eigenvalue weighted by Gasteiger charge is 2.24. The fourth-order valence-electron chi connectivity index (χ4n) is 4.16. The van der Waals surface area contributed by atoms with Crippen molar-refractivity contribution in [3.8, 4) is 22.1 Å². The summed E-state index contributed by atoms with van der Waals surface area (Å²) in [7, 11) is 0. The number of nitrogens with two attached hydrogens (primary N) is 1. The minimum atomic E-state index is -1.21. The number of carboxylic acids is 1. The lowest BCUT2D eigenvalue weighted by atomic mass is 10.1. The van der Waals surface area contributed by atoms with Gasteiger partial charge >= 0.3 is 12.0 Å². The zero-order valence-corrected chi connectivity index (χ0v) is 23.3. The third-order valence-corrected chi connectivity index (χ3v) is 7.81. The molecule has 1 saturated carbocycles. The fraction of sp³-hybridized carbons (Fsp3) is 0.310. The van der Waals surface area contributed by atoms with Crippen molar-refractivity contribution in [2.24, 2.45) is 5.73 Å². The number of anilines is 1. The summed E-state index contributed by atoms with van der Waals surface area (Å²) in [6, 6.07) is 8.50. The third kappa shape index (κ3) is 7.35. The van der Waals surface area contributed by atoms with Crippen LogP contribution in [0.2, 0.25) is 0 Å². The van der Waals surface area contributed by atoms with E-state index in [0.717, 1.165) is 48.4 Å². The number of carbonyl (C=O) groups is 2. The van der Waals surface area contributed by atoms with E-state index in [0.29, 0.717) is 28.9 Å². The number of carbonyl (C=O) groups excluding carboxylic acids is 1. The number of unbranched alkanes of at least 4 members (excludes halogenated alkanes) is 1. The molecule has 1 aliphatic carbocycles. The van der Waals surface area contributed by atoms with Crippen molar-refractivity contribution in [3.05, 3.63) is 66.0 Å². The lowest BCUT2D eigenvalue weighted by Gasteiger charge is -2.11. The number of carboxylic acid groups (broad SMARTS) is 1. The van der Waals surface area contributed by atoms with Crippen LogP contribution >= 0.6 is 11.3 Å². The molecule has 1 aromatic carbocycles. The molecule has 0 saturated heterocycles. The van der Waals surface area contributed by atoms with Crippen LogP contribution in [0.25, 0.3) is 20.8 Å². The van der Waals surface area contributed by atoms with E-state index in [4.69, 9.17) is 15.6 Å². The summed E-state index contributed by atoms with van der Waals surface area (Å²) >= 11 is 1.37. The van der Waals surface area contributed by atoms with Gasteiger partial charge in [-0.15, -0.1) is 11.3 Å². The van der Waals surface area contributed by atoms with Crippen LogP contribution in [-0.4, -0.2) is 45.7 Å².